The summed E-state index contributed by atoms with van der Waals surface area (Å²) in [5, 5.41) is 0. The Kier molecular flexibility index (Phi) is 4.77. The molecule has 1 amide bonds. The van der Waals surface area contributed by atoms with Crippen LogP contribution in [0, 0.1) is 5.82 Å². The van der Waals surface area contributed by atoms with E-state index in [1.807, 2.05) is 13.8 Å². The van der Waals surface area contributed by atoms with Gasteiger partial charge in [-0.05, 0) is 38.1 Å². The molecule has 1 heterocycles. The highest BCUT2D eigenvalue weighted by molar-refractivity contribution is 5.95. The minimum atomic E-state index is -0.484. The van der Waals surface area contributed by atoms with Crippen molar-refractivity contribution in [3.8, 4) is 5.75 Å². The fourth-order valence-electron chi connectivity index (χ4n) is 3.04. The van der Waals surface area contributed by atoms with Crippen LogP contribution in [0.25, 0.3) is 0 Å². The molecule has 2 aromatic rings. The van der Waals surface area contributed by atoms with Crippen LogP contribution in [0.2, 0.25) is 0 Å². The molecule has 3 rings (SSSR count). The predicted octanol–water partition coefficient (Wildman–Crippen LogP) is 3.83. The summed E-state index contributed by atoms with van der Waals surface area (Å²) in [7, 11) is 1.57. The minimum absolute atomic E-state index is 0.117. The van der Waals surface area contributed by atoms with Gasteiger partial charge < -0.3 is 14.4 Å². The second-order valence-electron chi connectivity index (χ2n) is 6.78. The van der Waals surface area contributed by atoms with Crippen LogP contribution >= 0.6 is 0 Å². The van der Waals surface area contributed by atoms with Gasteiger partial charge in [-0.3, -0.25) is 4.79 Å². The summed E-state index contributed by atoms with van der Waals surface area (Å²) in [6.45, 7) is 4.52. The van der Waals surface area contributed by atoms with Gasteiger partial charge >= 0.3 is 0 Å². The number of nitrogens with zero attached hydrogens (tertiary/aromatic N) is 1. The maximum atomic E-state index is 14.1. The Morgan fingerprint density at radius 2 is 2.00 bits per heavy atom. The number of hydrogen-bond acceptors (Lipinski definition) is 3. The molecule has 1 unspecified atom stereocenters. The summed E-state index contributed by atoms with van der Waals surface area (Å²) < 4.78 is 25.2. The molecular weight excluding hydrogens is 321 g/mol. The number of hydrogen-bond donors (Lipinski definition) is 0. The average Bonchev–Trinajstić information content (AvgIpc) is 2.62. The van der Waals surface area contributed by atoms with Crippen molar-refractivity contribution in [1.82, 2.24) is 4.90 Å². The third kappa shape index (κ3) is 3.51. The normalized spacial score (nSPS) is 19.5. The molecule has 4 nitrogen and oxygen atoms in total. The lowest BCUT2D eigenvalue weighted by Crippen LogP contribution is -2.56. The Hall–Kier alpha value is -2.40. The lowest BCUT2D eigenvalue weighted by Gasteiger charge is -2.45. The van der Waals surface area contributed by atoms with Crippen molar-refractivity contribution in [3.05, 3.63) is 65.5 Å². The molecule has 0 aliphatic carbocycles. The van der Waals surface area contributed by atoms with E-state index in [-0.39, 0.29) is 11.7 Å². The van der Waals surface area contributed by atoms with Gasteiger partial charge in [0.15, 0.2) is 0 Å². The Morgan fingerprint density at radius 1 is 1.24 bits per heavy atom. The van der Waals surface area contributed by atoms with Crippen LogP contribution in [0.4, 0.5) is 4.39 Å². The third-order valence-corrected chi connectivity index (χ3v) is 4.53. The third-order valence-electron chi connectivity index (χ3n) is 4.53. The standard InChI is InChI=1S/C20H22FNO3/c1-20(2)13-25-18(16-9-4-5-10-17(16)21)12-22(20)19(23)14-7-6-8-15(11-14)24-3/h4-11,18H,12-13H2,1-3H3. The van der Waals surface area contributed by atoms with Crippen LogP contribution in [-0.4, -0.2) is 36.6 Å². The number of carbonyl (C=O) groups excluding carboxylic acids is 1. The van der Waals surface area contributed by atoms with Crippen molar-refractivity contribution in [1.29, 1.82) is 0 Å². The first kappa shape index (κ1) is 17.4. The molecule has 0 N–H and O–H groups in total. The van der Waals surface area contributed by atoms with E-state index in [0.717, 1.165) is 0 Å². The molecular formula is C20H22FNO3. The number of ether oxygens (including phenoxy) is 2. The minimum Gasteiger partial charge on any atom is -0.497 e. The molecule has 1 fully saturated rings. The molecule has 0 bridgehead atoms. The molecule has 0 radical (unpaired) electrons. The maximum Gasteiger partial charge on any atom is 0.254 e. The van der Waals surface area contributed by atoms with Crippen molar-refractivity contribution in [2.24, 2.45) is 0 Å². The van der Waals surface area contributed by atoms with Gasteiger partial charge in [-0.2, -0.15) is 0 Å². The molecule has 2 aromatic carbocycles. The molecule has 0 aromatic heterocycles. The molecule has 25 heavy (non-hydrogen) atoms. The van der Waals surface area contributed by atoms with Crippen molar-refractivity contribution in [2.75, 3.05) is 20.3 Å². The van der Waals surface area contributed by atoms with E-state index in [1.54, 1.807) is 54.5 Å². The Bertz CT molecular complexity index is 775. The summed E-state index contributed by atoms with van der Waals surface area (Å²) in [5.41, 5.74) is 0.533. The van der Waals surface area contributed by atoms with E-state index in [0.29, 0.717) is 30.0 Å². The zero-order chi connectivity index (χ0) is 18.0. The highest BCUT2D eigenvalue weighted by atomic mass is 19.1. The molecule has 0 saturated carbocycles. The van der Waals surface area contributed by atoms with Gasteiger partial charge in [-0.1, -0.05) is 24.3 Å². The summed E-state index contributed by atoms with van der Waals surface area (Å²) in [6, 6.07) is 13.6. The summed E-state index contributed by atoms with van der Waals surface area (Å²) in [6.07, 6.45) is -0.483. The van der Waals surface area contributed by atoms with Gasteiger partial charge in [0.2, 0.25) is 0 Å². The van der Waals surface area contributed by atoms with Crippen molar-refractivity contribution in [2.45, 2.75) is 25.5 Å². The summed E-state index contributed by atoms with van der Waals surface area (Å²) in [4.78, 5) is 14.8. The first-order valence-corrected chi connectivity index (χ1v) is 8.24. The number of methoxy groups -OCH3 is 1. The topological polar surface area (TPSA) is 38.8 Å². The maximum absolute atomic E-state index is 14.1. The van der Waals surface area contributed by atoms with E-state index in [4.69, 9.17) is 9.47 Å². The fraction of sp³-hybridized carbons (Fsp3) is 0.350. The molecule has 1 atom stereocenters. The van der Waals surface area contributed by atoms with Gasteiger partial charge in [0.05, 0.1) is 25.8 Å². The highest BCUT2D eigenvalue weighted by Crippen LogP contribution is 2.32. The van der Waals surface area contributed by atoms with Gasteiger partial charge in [0, 0.05) is 11.1 Å². The van der Waals surface area contributed by atoms with Crippen molar-refractivity contribution < 1.29 is 18.7 Å². The number of morpholine rings is 1. The quantitative estimate of drug-likeness (QED) is 0.850. The highest BCUT2D eigenvalue weighted by Gasteiger charge is 2.39. The second-order valence-corrected chi connectivity index (χ2v) is 6.78. The van der Waals surface area contributed by atoms with E-state index >= 15 is 0 Å². The SMILES string of the molecule is COc1cccc(C(=O)N2CC(c3ccccc3F)OCC2(C)C)c1. The smallest absolute Gasteiger partial charge is 0.254 e. The van der Waals surface area contributed by atoms with Gasteiger partial charge in [-0.15, -0.1) is 0 Å². The zero-order valence-electron chi connectivity index (χ0n) is 14.7. The molecule has 0 spiro atoms. The van der Waals surface area contributed by atoms with Gasteiger partial charge in [0.1, 0.15) is 17.7 Å². The summed E-state index contributed by atoms with van der Waals surface area (Å²) >= 11 is 0. The number of halogens is 1. The van der Waals surface area contributed by atoms with Crippen LogP contribution in [0.15, 0.2) is 48.5 Å². The van der Waals surface area contributed by atoms with Crippen LogP contribution in [0.1, 0.15) is 35.9 Å². The number of rotatable bonds is 3. The van der Waals surface area contributed by atoms with E-state index in [2.05, 4.69) is 0 Å². The molecule has 132 valence electrons. The van der Waals surface area contributed by atoms with Crippen LogP contribution in [0.3, 0.4) is 0 Å². The Balaban J connectivity index is 1.89. The lowest BCUT2D eigenvalue weighted by molar-refractivity contribution is -0.0857. The monoisotopic (exact) mass is 343 g/mol. The Labute approximate surface area is 147 Å². The number of carbonyl (C=O) groups is 1. The largest absolute Gasteiger partial charge is 0.497 e. The van der Waals surface area contributed by atoms with E-state index < -0.39 is 11.6 Å². The molecule has 5 heteroatoms. The van der Waals surface area contributed by atoms with Gasteiger partial charge in [0.25, 0.3) is 5.91 Å². The summed E-state index contributed by atoms with van der Waals surface area (Å²) in [5.74, 6) is 0.192. The molecule has 1 aliphatic heterocycles. The first-order chi connectivity index (χ1) is 11.9. The average molecular weight is 343 g/mol. The second kappa shape index (κ2) is 6.84. The molecule has 1 aliphatic rings. The van der Waals surface area contributed by atoms with Gasteiger partial charge in [-0.25, -0.2) is 4.39 Å². The van der Waals surface area contributed by atoms with Crippen molar-refractivity contribution >= 4 is 5.91 Å². The van der Waals surface area contributed by atoms with Crippen LogP contribution < -0.4 is 4.74 Å². The van der Waals surface area contributed by atoms with Crippen LogP contribution in [0.5, 0.6) is 5.75 Å². The molecule has 1 saturated heterocycles. The predicted molar refractivity (Wildman–Crippen MR) is 93.2 cm³/mol. The van der Waals surface area contributed by atoms with Crippen molar-refractivity contribution in [3.63, 3.8) is 0 Å². The first-order valence-electron chi connectivity index (χ1n) is 8.24. The zero-order valence-corrected chi connectivity index (χ0v) is 14.7. The number of amides is 1. The fourth-order valence-corrected chi connectivity index (χ4v) is 3.04. The van der Waals surface area contributed by atoms with Crippen LogP contribution in [-0.2, 0) is 4.74 Å². The van der Waals surface area contributed by atoms with E-state index in [9.17, 15) is 9.18 Å². The van der Waals surface area contributed by atoms with E-state index in [1.165, 1.54) is 6.07 Å². The Morgan fingerprint density at radius 3 is 2.72 bits per heavy atom. The number of benzene rings is 2. The lowest BCUT2D eigenvalue weighted by atomic mass is 9.96.